The van der Waals surface area contributed by atoms with Crippen LogP contribution in [0.5, 0.6) is 5.75 Å². The van der Waals surface area contributed by atoms with E-state index in [0.29, 0.717) is 11.6 Å². The quantitative estimate of drug-likeness (QED) is 0.835. The van der Waals surface area contributed by atoms with E-state index in [0.717, 1.165) is 12.2 Å². The molecule has 0 aliphatic heterocycles. The van der Waals surface area contributed by atoms with Crippen molar-refractivity contribution >= 4 is 11.6 Å². The van der Waals surface area contributed by atoms with Gasteiger partial charge in [-0.15, -0.1) is 0 Å². The lowest BCUT2D eigenvalue weighted by atomic mass is 10.0. The molecule has 0 fully saturated rings. The first-order chi connectivity index (χ1) is 6.49. The lowest BCUT2D eigenvalue weighted by Gasteiger charge is -2.18. The predicted molar refractivity (Wildman–Crippen MR) is 59.8 cm³/mol. The van der Waals surface area contributed by atoms with Gasteiger partial charge < -0.3 is 10.5 Å². The highest BCUT2D eigenvalue weighted by Crippen LogP contribution is 2.23. The largest absolute Gasteiger partial charge is 0.492 e. The average Bonchev–Trinajstić information content (AvgIpc) is 2.06. The van der Waals surface area contributed by atoms with Crippen LogP contribution in [0, 0.1) is 0 Å². The first kappa shape index (κ1) is 11.3. The molecule has 0 spiro atoms. The van der Waals surface area contributed by atoms with Crippen LogP contribution in [0.1, 0.15) is 20.3 Å². The first-order valence-electron chi connectivity index (χ1n) is 4.65. The standard InChI is InChI=1S/C11H16ClNO/c1-11(2,13)7-8-14-10-6-4-3-5-9(10)12/h3-6H,7-8,13H2,1-2H3. The van der Waals surface area contributed by atoms with Gasteiger partial charge in [0, 0.05) is 5.54 Å². The summed E-state index contributed by atoms with van der Waals surface area (Å²) in [4.78, 5) is 0. The molecule has 0 aliphatic rings. The molecule has 1 rings (SSSR count). The van der Waals surface area contributed by atoms with Crippen molar-refractivity contribution in [2.75, 3.05) is 6.61 Å². The SMILES string of the molecule is CC(C)(N)CCOc1ccccc1Cl. The van der Waals surface area contributed by atoms with Crippen LogP contribution in [-0.2, 0) is 0 Å². The third-order valence-electron chi connectivity index (χ3n) is 1.84. The van der Waals surface area contributed by atoms with Gasteiger partial charge >= 0.3 is 0 Å². The second-order valence-electron chi connectivity index (χ2n) is 4.02. The van der Waals surface area contributed by atoms with Crippen LogP contribution < -0.4 is 10.5 Å². The smallest absolute Gasteiger partial charge is 0.137 e. The van der Waals surface area contributed by atoms with Gasteiger partial charge in [0.15, 0.2) is 0 Å². The fourth-order valence-corrected chi connectivity index (χ4v) is 1.18. The summed E-state index contributed by atoms with van der Waals surface area (Å²) in [6.07, 6.45) is 0.804. The Bertz CT molecular complexity index is 294. The maximum atomic E-state index is 5.92. The number of hydrogen-bond acceptors (Lipinski definition) is 2. The number of ether oxygens (including phenoxy) is 1. The second-order valence-corrected chi connectivity index (χ2v) is 4.42. The molecule has 0 saturated carbocycles. The van der Waals surface area contributed by atoms with Crippen LogP contribution in [0.4, 0.5) is 0 Å². The molecule has 78 valence electrons. The van der Waals surface area contributed by atoms with Crippen molar-refractivity contribution in [3.63, 3.8) is 0 Å². The van der Waals surface area contributed by atoms with Crippen LogP contribution in [0.2, 0.25) is 5.02 Å². The highest BCUT2D eigenvalue weighted by Gasteiger charge is 2.10. The minimum atomic E-state index is -0.193. The van der Waals surface area contributed by atoms with Gasteiger partial charge in [-0.05, 0) is 32.4 Å². The van der Waals surface area contributed by atoms with E-state index in [2.05, 4.69) is 0 Å². The van der Waals surface area contributed by atoms with Gasteiger partial charge in [0.05, 0.1) is 11.6 Å². The molecule has 0 aliphatic carbocycles. The molecule has 0 radical (unpaired) electrons. The normalized spacial score (nSPS) is 11.4. The molecule has 0 atom stereocenters. The third kappa shape index (κ3) is 3.99. The highest BCUT2D eigenvalue weighted by molar-refractivity contribution is 6.32. The van der Waals surface area contributed by atoms with Gasteiger partial charge in [-0.2, -0.15) is 0 Å². The summed E-state index contributed by atoms with van der Waals surface area (Å²) in [6, 6.07) is 7.44. The molecular formula is C11H16ClNO. The number of halogens is 1. The van der Waals surface area contributed by atoms with Gasteiger partial charge in [-0.3, -0.25) is 0 Å². The van der Waals surface area contributed by atoms with E-state index < -0.39 is 0 Å². The number of nitrogens with two attached hydrogens (primary N) is 1. The van der Waals surface area contributed by atoms with E-state index in [-0.39, 0.29) is 5.54 Å². The molecule has 2 N–H and O–H groups in total. The number of benzene rings is 1. The Balaban J connectivity index is 2.43. The number of hydrogen-bond donors (Lipinski definition) is 1. The summed E-state index contributed by atoms with van der Waals surface area (Å²) in [5.74, 6) is 0.721. The fourth-order valence-electron chi connectivity index (χ4n) is 0.986. The van der Waals surface area contributed by atoms with E-state index >= 15 is 0 Å². The van der Waals surface area contributed by atoms with Crippen molar-refractivity contribution in [3.8, 4) is 5.75 Å². The van der Waals surface area contributed by atoms with Crippen molar-refractivity contribution in [2.45, 2.75) is 25.8 Å². The molecule has 0 bridgehead atoms. The summed E-state index contributed by atoms with van der Waals surface area (Å²) < 4.78 is 5.50. The summed E-state index contributed by atoms with van der Waals surface area (Å²) >= 11 is 5.92. The van der Waals surface area contributed by atoms with E-state index in [1.54, 1.807) is 0 Å². The molecule has 0 unspecified atom stereocenters. The topological polar surface area (TPSA) is 35.2 Å². The average molecular weight is 214 g/mol. The van der Waals surface area contributed by atoms with E-state index in [9.17, 15) is 0 Å². The molecule has 0 heterocycles. The zero-order valence-corrected chi connectivity index (χ0v) is 9.34. The van der Waals surface area contributed by atoms with Crippen LogP contribution in [0.3, 0.4) is 0 Å². The van der Waals surface area contributed by atoms with Gasteiger partial charge in [0.1, 0.15) is 5.75 Å². The third-order valence-corrected chi connectivity index (χ3v) is 2.15. The minimum absolute atomic E-state index is 0.193. The van der Waals surface area contributed by atoms with Gasteiger partial charge in [0.25, 0.3) is 0 Å². The lowest BCUT2D eigenvalue weighted by molar-refractivity contribution is 0.274. The van der Waals surface area contributed by atoms with Crippen molar-refractivity contribution < 1.29 is 4.74 Å². The summed E-state index contributed by atoms with van der Waals surface area (Å²) in [5.41, 5.74) is 5.63. The Labute approximate surface area is 90.0 Å². The second kappa shape index (κ2) is 4.67. The van der Waals surface area contributed by atoms with Gasteiger partial charge in [-0.25, -0.2) is 0 Å². The summed E-state index contributed by atoms with van der Waals surface area (Å²) in [7, 11) is 0. The summed E-state index contributed by atoms with van der Waals surface area (Å²) in [5, 5.41) is 0.641. The number of para-hydroxylation sites is 1. The van der Waals surface area contributed by atoms with Crippen LogP contribution in [0.15, 0.2) is 24.3 Å². The molecule has 1 aromatic carbocycles. The van der Waals surface area contributed by atoms with Crippen LogP contribution in [-0.4, -0.2) is 12.1 Å². The lowest BCUT2D eigenvalue weighted by Crippen LogP contribution is -2.33. The van der Waals surface area contributed by atoms with Crippen LogP contribution in [0.25, 0.3) is 0 Å². The number of rotatable bonds is 4. The molecular weight excluding hydrogens is 198 g/mol. The highest BCUT2D eigenvalue weighted by atomic mass is 35.5. The van der Waals surface area contributed by atoms with E-state index in [4.69, 9.17) is 22.1 Å². The Kier molecular flexibility index (Phi) is 3.78. The Morgan fingerprint density at radius 1 is 1.36 bits per heavy atom. The monoisotopic (exact) mass is 213 g/mol. The van der Waals surface area contributed by atoms with Crippen molar-refractivity contribution in [2.24, 2.45) is 5.73 Å². The first-order valence-corrected chi connectivity index (χ1v) is 5.03. The van der Waals surface area contributed by atoms with E-state index in [1.165, 1.54) is 0 Å². The molecule has 14 heavy (non-hydrogen) atoms. The minimum Gasteiger partial charge on any atom is -0.492 e. The van der Waals surface area contributed by atoms with Crippen molar-refractivity contribution in [1.29, 1.82) is 0 Å². The molecule has 0 saturated heterocycles. The molecule has 1 aromatic rings. The zero-order chi connectivity index (χ0) is 10.6. The fraction of sp³-hybridized carbons (Fsp3) is 0.455. The van der Waals surface area contributed by atoms with Crippen LogP contribution >= 0.6 is 11.6 Å². The van der Waals surface area contributed by atoms with Crippen molar-refractivity contribution in [1.82, 2.24) is 0 Å². The Morgan fingerprint density at radius 3 is 2.57 bits per heavy atom. The zero-order valence-electron chi connectivity index (χ0n) is 8.59. The maximum absolute atomic E-state index is 5.92. The predicted octanol–water partition coefficient (Wildman–Crippen LogP) is 2.85. The Morgan fingerprint density at radius 2 is 2.00 bits per heavy atom. The molecule has 3 heteroatoms. The molecule has 0 amide bonds. The molecule has 2 nitrogen and oxygen atoms in total. The van der Waals surface area contributed by atoms with Crippen molar-refractivity contribution in [3.05, 3.63) is 29.3 Å². The van der Waals surface area contributed by atoms with E-state index in [1.807, 2.05) is 38.1 Å². The van der Waals surface area contributed by atoms with Gasteiger partial charge in [0.2, 0.25) is 0 Å². The molecule has 0 aromatic heterocycles. The van der Waals surface area contributed by atoms with Gasteiger partial charge in [-0.1, -0.05) is 23.7 Å². The Hall–Kier alpha value is -0.730. The maximum Gasteiger partial charge on any atom is 0.137 e. The summed E-state index contributed by atoms with van der Waals surface area (Å²) in [6.45, 7) is 4.54.